The summed E-state index contributed by atoms with van der Waals surface area (Å²) in [6.45, 7) is 8.12. The van der Waals surface area contributed by atoms with Crippen LogP contribution >= 0.6 is 0 Å². The van der Waals surface area contributed by atoms with E-state index in [1.807, 2.05) is 58.0 Å². The van der Waals surface area contributed by atoms with Gasteiger partial charge in [0.15, 0.2) is 0 Å². The first-order valence-corrected chi connectivity index (χ1v) is 8.18. The van der Waals surface area contributed by atoms with Gasteiger partial charge in [0.25, 0.3) is 0 Å². The molecule has 0 saturated carbocycles. The molecule has 0 bridgehead atoms. The number of nitrogens with one attached hydrogen (secondary N) is 2. The van der Waals surface area contributed by atoms with Gasteiger partial charge in [-0.1, -0.05) is 58.0 Å². The van der Waals surface area contributed by atoms with Crippen LogP contribution in [0.25, 0.3) is 0 Å². The summed E-state index contributed by atoms with van der Waals surface area (Å²) >= 11 is 0. The summed E-state index contributed by atoms with van der Waals surface area (Å²) in [5.74, 6) is -0.0128. The summed E-state index contributed by atoms with van der Waals surface area (Å²) in [6, 6.07) is 8.82. The van der Waals surface area contributed by atoms with Crippen molar-refractivity contribution in [3.63, 3.8) is 0 Å². The van der Waals surface area contributed by atoms with E-state index in [0.717, 1.165) is 5.56 Å². The van der Waals surface area contributed by atoms with Crippen molar-refractivity contribution in [1.29, 1.82) is 0 Å². The molecule has 0 aliphatic carbocycles. The molecule has 0 spiro atoms. The molecule has 0 saturated heterocycles. The van der Waals surface area contributed by atoms with Crippen LogP contribution in [0.4, 0.5) is 0 Å². The third kappa shape index (κ3) is 6.82. The second-order valence-electron chi connectivity index (χ2n) is 6.65. The zero-order valence-electron chi connectivity index (χ0n) is 14.5. The van der Waals surface area contributed by atoms with Gasteiger partial charge in [0.2, 0.25) is 11.8 Å². The molecule has 2 amide bonds. The predicted molar refractivity (Wildman–Crippen MR) is 92.6 cm³/mol. The summed E-state index contributed by atoms with van der Waals surface area (Å²) in [4.78, 5) is 24.3. The zero-order chi connectivity index (χ0) is 17.4. The van der Waals surface area contributed by atoms with Crippen LogP contribution < -0.4 is 16.4 Å². The lowest BCUT2D eigenvalue weighted by atomic mass is 10.0. The Bertz CT molecular complexity index is 500. The highest BCUT2D eigenvalue weighted by Gasteiger charge is 2.24. The largest absolute Gasteiger partial charge is 0.352 e. The highest BCUT2D eigenvalue weighted by Crippen LogP contribution is 2.09. The van der Waals surface area contributed by atoms with E-state index < -0.39 is 6.04 Å². The minimum Gasteiger partial charge on any atom is -0.352 e. The van der Waals surface area contributed by atoms with Gasteiger partial charge in [-0.15, -0.1) is 0 Å². The Balaban J connectivity index is 2.56. The number of hydrogen-bond acceptors (Lipinski definition) is 3. The van der Waals surface area contributed by atoms with Crippen molar-refractivity contribution < 1.29 is 9.59 Å². The first-order valence-electron chi connectivity index (χ1n) is 8.18. The lowest BCUT2D eigenvalue weighted by Crippen LogP contribution is -2.50. The Hall–Kier alpha value is -1.88. The van der Waals surface area contributed by atoms with Crippen molar-refractivity contribution in [2.75, 3.05) is 6.54 Å². The number of carbonyl (C=O) groups excluding carboxylic acids is 2. The van der Waals surface area contributed by atoms with Gasteiger partial charge in [-0.25, -0.2) is 0 Å². The first-order chi connectivity index (χ1) is 10.8. The second kappa shape index (κ2) is 9.30. The molecule has 128 valence electrons. The third-order valence-electron chi connectivity index (χ3n) is 3.58. The van der Waals surface area contributed by atoms with E-state index in [-0.39, 0.29) is 29.7 Å². The highest BCUT2D eigenvalue weighted by molar-refractivity contribution is 5.87. The van der Waals surface area contributed by atoms with Crippen molar-refractivity contribution in [3.05, 3.63) is 35.9 Å². The Morgan fingerprint density at radius 2 is 1.70 bits per heavy atom. The van der Waals surface area contributed by atoms with Crippen LogP contribution in [0.2, 0.25) is 0 Å². The Morgan fingerprint density at radius 1 is 1.09 bits per heavy atom. The zero-order valence-corrected chi connectivity index (χ0v) is 14.5. The van der Waals surface area contributed by atoms with Gasteiger partial charge >= 0.3 is 0 Å². The minimum absolute atomic E-state index is 0.0130. The van der Waals surface area contributed by atoms with Gasteiger partial charge in [-0.3, -0.25) is 9.59 Å². The Kier molecular flexibility index (Phi) is 7.75. The quantitative estimate of drug-likeness (QED) is 0.685. The van der Waals surface area contributed by atoms with E-state index in [0.29, 0.717) is 13.0 Å². The SMILES string of the molecule is CC(C)CC(=O)NC(C(=O)NCC(N)c1ccccc1)C(C)C. The second-order valence-corrected chi connectivity index (χ2v) is 6.65. The number of amides is 2. The molecule has 5 nitrogen and oxygen atoms in total. The van der Waals surface area contributed by atoms with Crippen LogP contribution in [0.1, 0.15) is 45.7 Å². The fourth-order valence-corrected chi connectivity index (χ4v) is 2.28. The average Bonchev–Trinajstić information content (AvgIpc) is 2.49. The van der Waals surface area contributed by atoms with Crippen molar-refractivity contribution in [1.82, 2.24) is 10.6 Å². The molecule has 4 N–H and O–H groups in total. The summed E-state index contributed by atoms with van der Waals surface area (Å²) in [6.07, 6.45) is 0.417. The van der Waals surface area contributed by atoms with Crippen molar-refractivity contribution in [2.45, 2.75) is 46.2 Å². The molecule has 0 heterocycles. The van der Waals surface area contributed by atoms with Gasteiger partial charge in [-0.2, -0.15) is 0 Å². The van der Waals surface area contributed by atoms with E-state index in [4.69, 9.17) is 5.73 Å². The number of carbonyl (C=O) groups is 2. The average molecular weight is 319 g/mol. The van der Waals surface area contributed by atoms with Gasteiger partial charge in [-0.05, 0) is 17.4 Å². The van der Waals surface area contributed by atoms with Gasteiger partial charge in [0.1, 0.15) is 6.04 Å². The summed E-state index contributed by atoms with van der Waals surface area (Å²) in [5.41, 5.74) is 7.05. The minimum atomic E-state index is -0.538. The summed E-state index contributed by atoms with van der Waals surface area (Å²) in [7, 11) is 0. The van der Waals surface area contributed by atoms with Gasteiger partial charge in [0, 0.05) is 19.0 Å². The van der Waals surface area contributed by atoms with Crippen LogP contribution in [0.3, 0.4) is 0 Å². The van der Waals surface area contributed by atoms with Gasteiger partial charge in [0.05, 0.1) is 0 Å². The molecule has 2 atom stereocenters. The molecule has 5 heteroatoms. The molecule has 23 heavy (non-hydrogen) atoms. The number of nitrogens with two attached hydrogens (primary N) is 1. The van der Waals surface area contributed by atoms with Gasteiger partial charge < -0.3 is 16.4 Å². The smallest absolute Gasteiger partial charge is 0.242 e. The van der Waals surface area contributed by atoms with E-state index in [9.17, 15) is 9.59 Å². The number of hydrogen-bond donors (Lipinski definition) is 3. The van der Waals surface area contributed by atoms with Crippen LogP contribution in [0.5, 0.6) is 0 Å². The lowest BCUT2D eigenvalue weighted by molar-refractivity contribution is -0.130. The first kappa shape index (κ1) is 19.2. The fourth-order valence-electron chi connectivity index (χ4n) is 2.28. The van der Waals surface area contributed by atoms with E-state index in [1.165, 1.54) is 0 Å². The molecule has 1 aromatic rings. The fraction of sp³-hybridized carbons (Fsp3) is 0.556. The molecular formula is C18H29N3O2. The normalized spacial score (nSPS) is 13.7. The maximum atomic E-state index is 12.4. The maximum absolute atomic E-state index is 12.4. The van der Waals surface area contributed by atoms with E-state index in [2.05, 4.69) is 10.6 Å². The Labute approximate surface area is 139 Å². The molecule has 0 aromatic heterocycles. The molecule has 1 aromatic carbocycles. The van der Waals surface area contributed by atoms with Crippen LogP contribution in [-0.2, 0) is 9.59 Å². The number of benzene rings is 1. The Morgan fingerprint density at radius 3 is 2.22 bits per heavy atom. The van der Waals surface area contributed by atoms with Crippen molar-refractivity contribution in [2.24, 2.45) is 17.6 Å². The molecule has 0 aliphatic rings. The molecule has 0 aliphatic heterocycles. The highest BCUT2D eigenvalue weighted by atomic mass is 16.2. The third-order valence-corrected chi connectivity index (χ3v) is 3.58. The molecule has 1 rings (SSSR count). The van der Waals surface area contributed by atoms with Crippen LogP contribution in [0.15, 0.2) is 30.3 Å². The van der Waals surface area contributed by atoms with Crippen molar-refractivity contribution >= 4 is 11.8 Å². The standard InChI is InChI=1S/C18H29N3O2/c1-12(2)10-16(22)21-17(13(3)4)18(23)20-11-15(19)14-8-6-5-7-9-14/h5-9,12-13,15,17H,10-11,19H2,1-4H3,(H,20,23)(H,21,22). The summed E-state index contributed by atoms with van der Waals surface area (Å²) in [5, 5.41) is 5.66. The molecule has 0 radical (unpaired) electrons. The van der Waals surface area contributed by atoms with Crippen molar-refractivity contribution in [3.8, 4) is 0 Å². The topological polar surface area (TPSA) is 84.2 Å². The molecular weight excluding hydrogens is 290 g/mol. The van der Waals surface area contributed by atoms with Crippen LogP contribution in [0, 0.1) is 11.8 Å². The molecule has 2 unspecified atom stereocenters. The lowest BCUT2D eigenvalue weighted by Gasteiger charge is -2.23. The van der Waals surface area contributed by atoms with E-state index in [1.54, 1.807) is 0 Å². The number of rotatable bonds is 8. The maximum Gasteiger partial charge on any atom is 0.242 e. The van der Waals surface area contributed by atoms with Crippen LogP contribution in [-0.4, -0.2) is 24.4 Å². The summed E-state index contributed by atoms with van der Waals surface area (Å²) < 4.78 is 0. The van der Waals surface area contributed by atoms with E-state index >= 15 is 0 Å². The predicted octanol–water partition coefficient (Wildman–Crippen LogP) is 1.99. The monoisotopic (exact) mass is 319 g/mol. The molecule has 0 fully saturated rings.